The van der Waals surface area contributed by atoms with Gasteiger partial charge in [0.05, 0.1) is 6.20 Å². The first-order valence-electron chi connectivity index (χ1n) is 7.78. The van der Waals surface area contributed by atoms with Crippen molar-refractivity contribution in [3.8, 4) is 11.3 Å². The topological polar surface area (TPSA) is 55.1 Å². The molecule has 4 nitrogen and oxygen atoms in total. The standard InChI is InChI=1S/C19H16BrClN2O2/c1-12-2-7-15(10-16(12)21)23-18(24)8-9-19-22-11-17(25-19)13-3-5-14(20)6-4-13/h2-7,10-11H,8-9H2,1H3,(H,23,24). The van der Waals surface area contributed by atoms with Crippen molar-refractivity contribution in [3.05, 3.63) is 69.6 Å². The van der Waals surface area contributed by atoms with Crippen LogP contribution in [0.1, 0.15) is 17.9 Å². The summed E-state index contributed by atoms with van der Waals surface area (Å²) in [7, 11) is 0. The zero-order valence-corrected chi connectivity index (χ0v) is 15.9. The summed E-state index contributed by atoms with van der Waals surface area (Å²) in [5.41, 5.74) is 2.60. The van der Waals surface area contributed by atoms with E-state index >= 15 is 0 Å². The van der Waals surface area contributed by atoms with Gasteiger partial charge in [-0.05, 0) is 36.8 Å². The molecule has 128 valence electrons. The Balaban J connectivity index is 1.57. The Kier molecular flexibility index (Phi) is 5.56. The van der Waals surface area contributed by atoms with Gasteiger partial charge in [0.2, 0.25) is 5.91 Å². The Morgan fingerprint density at radius 2 is 2.00 bits per heavy atom. The molecule has 1 N–H and O–H groups in total. The van der Waals surface area contributed by atoms with Gasteiger partial charge in [-0.1, -0.05) is 45.7 Å². The molecule has 0 unspecified atom stereocenters. The van der Waals surface area contributed by atoms with E-state index in [0.29, 0.717) is 28.8 Å². The van der Waals surface area contributed by atoms with E-state index in [0.717, 1.165) is 15.6 Å². The van der Waals surface area contributed by atoms with Gasteiger partial charge >= 0.3 is 0 Å². The third-order valence-electron chi connectivity index (χ3n) is 3.70. The van der Waals surface area contributed by atoms with Crippen molar-refractivity contribution in [2.24, 2.45) is 0 Å². The number of hydrogen-bond acceptors (Lipinski definition) is 3. The largest absolute Gasteiger partial charge is 0.441 e. The van der Waals surface area contributed by atoms with E-state index in [4.69, 9.17) is 16.0 Å². The van der Waals surface area contributed by atoms with Gasteiger partial charge in [0, 0.05) is 33.6 Å². The highest BCUT2D eigenvalue weighted by Crippen LogP contribution is 2.23. The minimum atomic E-state index is -0.108. The van der Waals surface area contributed by atoms with Crippen molar-refractivity contribution in [2.45, 2.75) is 19.8 Å². The van der Waals surface area contributed by atoms with Crippen LogP contribution >= 0.6 is 27.5 Å². The molecule has 3 aromatic rings. The van der Waals surface area contributed by atoms with Crippen molar-refractivity contribution in [2.75, 3.05) is 5.32 Å². The molecule has 0 saturated heterocycles. The first-order valence-corrected chi connectivity index (χ1v) is 8.95. The number of oxazole rings is 1. The van der Waals surface area contributed by atoms with Crippen LogP contribution < -0.4 is 5.32 Å². The van der Waals surface area contributed by atoms with Crippen LogP contribution in [0, 0.1) is 6.92 Å². The number of amides is 1. The maximum Gasteiger partial charge on any atom is 0.224 e. The molecular weight excluding hydrogens is 404 g/mol. The third-order valence-corrected chi connectivity index (χ3v) is 4.64. The Bertz CT molecular complexity index is 891. The van der Waals surface area contributed by atoms with Crippen molar-refractivity contribution < 1.29 is 9.21 Å². The Hall–Kier alpha value is -2.11. The smallest absolute Gasteiger partial charge is 0.224 e. The predicted octanol–water partition coefficient (Wildman–Crippen LogP) is 5.64. The lowest BCUT2D eigenvalue weighted by Crippen LogP contribution is -2.12. The zero-order valence-electron chi connectivity index (χ0n) is 13.6. The van der Waals surface area contributed by atoms with Crippen molar-refractivity contribution >= 4 is 39.1 Å². The van der Waals surface area contributed by atoms with Gasteiger partial charge in [-0.2, -0.15) is 0 Å². The van der Waals surface area contributed by atoms with Crippen LogP contribution in [0.5, 0.6) is 0 Å². The highest BCUT2D eigenvalue weighted by atomic mass is 79.9. The molecule has 0 bridgehead atoms. The number of nitrogens with zero attached hydrogens (tertiary/aromatic N) is 1. The maximum absolute atomic E-state index is 12.1. The zero-order chi connectivity index (χ0) is 17.8. The van der Waals surface area contributed by atoms with E-state index in [1.807, 2.05) is 43.3 Å². The van der Waals surface area contributed by atoms with E-state index in [9.17, 15) is 4.79 Å². The second-order valence-corrected chi connectivity index (χ2v) is 6.96. The average Bonchev–Trinajstić information content (AvgIpc) is 3.06. The number of rotatable bonds is 5. The number of carbonyl (C=O) groups excluding carboxylic acids is 1. The fourth-order valence-electron chi connectivity index (χ4n) is 2.29. The molecule has 0 aliphatic carbocycles. The van der Waals surface area contributed by atoms with E-state index in [-0.39, 0.29) is 12.3 Å². The van der Waals surface area contributed by atoms with Crippen LogP contribution in [0.2, 0.25) is 5.02 Å². The number of aromatic nitrogens is 1. The van der Waals surface area contributed by atoms with Crippen LogP contribution in [0.15, 0.2) is 57.6 Å². The molecule has 3 rings (SSSR count). The van der Waals surface area contributed by atoms with Crippen molar-refractivity contribution in [3.63, 3.8) is 0 Å². The molecule has 0 spiro atoms. The molecular formula is C19H16BrClN2O2. The number of hydrogen-bond donors (Lipinski definition) is 1. The molecule has 0 radical (unpaired) electrons. The number of aryl methyl sites for hydroxylation is 2. The van der Waals surface area contributed by atoms with E-state index in [2.05, 4.69) is 26.2 Å². The second-order valence-electron chi connectivity index (χ2n) is 5.64. The predicted molar refractivity (Wildman–Crippen MR) is 103 cm³/mol. The SMILES string of the molecule is Cc1ccc(NC(=O)CCc2ncc(-c3ccc(Br)cc3)o2)cc1Cl. The summed E-state index contributed by atoms with van der Waals surface area (Å²) in [5.74, 6) is 1.12. The molecule has 0 aliphatic rings. The molecule has 6 heteroatoms. The molecule has 0 aliphatic heterocycles. The summed E-state index contributed by atoms with van der Waals surface area (Å²) in [5, 5.41) is 3.46. The first kappa shape index (κ1) is 17.7. The minimum Gasteiger partial charge on any atom is -0.441 e. The molecule has 2 aromatic carbocycles. The third kappa shape index (κ3) is 4.71. The summed E-state index contributed by atoms with van der Waals surface area (Å²) >= 11 is 9.46. The van der Waals surface area contributed by atoms with Crippen molar-refractivity contribution in [1.29, 1.82) is 0 Å². The van der Waals surface area contributed by atoms with Crippen molar-refractivity contribution in [1.82, 2.24) is 4.98 Å². The van der Waals surface area contributed by atoms with Crippen LogP contribution in [0.25, 0.3) is 11.3 Å². The number of nitrogens with one attached hydrogen (secondary N) is 1. The van der Waals surface area contributed by atoms with Gasteiger partial charge in [0.25, 0.3) is 0 Å². The van der Waals surface area contributed by atoms with Crippen LogP contribution in [0.3, 0.4) is 0 Å². The second kappa shape index (κ2) is 7.85. The molecule has 0 saturated carbocycles. The highest BCUT2D eigenvalue weighted by molar-refractivity contribution is 9.10. The Labute approximate surface area is 159 Å². The average molecular weight is 420 g/mol. The number of benzene rings is 2. The maximum atomic E-state index is 12.1. The van der Waals surface area contributed by atoms with Crippen LogP contribution in [0.4, 0.5) is 5.69 Å². The molecule has 1 heterocycles. The first-order chi connectivity index (χ1) is 12.0. The van der Waals surface area contributed by atoms with Gasteiger partial charge in [-0.25, -0.2) is 4.98 Å². The molecule has 1 amide bonds. The number of carbonyl (C=O) groups is 1. The van der Waals surface area contributed by atoms with Gasteiger partial charge in [0.1, 0.15) is 0 Å². The lowest BCUT2D eigenvalue weighted by atomic mass is 10.2. The fraction of sp³-hybridized carbons (Fsp3) is 0.158. The van der Waals surface area contributed by atoms with Gasteiger partial charge in [-0.3, -0.25) is 4.79 Å². The van der Waals surface area contributed by atoms with E-state index in [1.54, 1.807) is 12.3 Å². The normalized spacial score (nSPS) is 10.7. The Morgan fingerprint density at radius 3 is 2.72 bits per heavy atom. The summed E-state index contributed by atoms with van der Waals surface area (Å²) in [6.07, 6.45) is 2.39. The van der Waals surface area contributed by atoms with Crippen LogP contribution in [-0.2, 0) is 11.2 Å². The summed E-state index contributed by atoms with van der Waals surface area (Å²) in [4.78, 5) is 16.3. The number of anilines is 1. The lowest BCUT2D eigenvalue weighted by Gasteiger charge is -2.06. The monoisotopic (exact) mass is 418 g/mol. The lowest BCUT2D eigenvalue weighted by molar-refractivity contribution is -0.116. The highest BCUT2D eigenvalue weighted by Gasteiger charge is 2.10. The fourth-order valence-corrected chi connectivity index (χ4v) is 2.73. The quantitative estimate of drug-likeness (QED) is 0.582. The Morgan fingerprint density at radius 1 is 1.24 bits per heavy atom. The molecule has 25 heavy (non-hydrogen) atoms. The van der Waals surface area contributed by atoms with E-state index < -0.39 is 0 Å². The van der Waals surface area contributed by atoms with Gasteiger partial charge in [-0.15, -0.1) is 0 Å². The number of halogens is 2. The molecule has 0 atom stereocenters. The minimum absolute atomic E-state index is 0.108. The molecule has 0 fully saturated rings. The summed E-state index contributed by atoms with van der Waals surface area (Å²) in [6.45, 7) is 1.92. The van der Waals surface area contributed by atoms with Crippen LogP contribution in [-0.4, -0.2) is 10.9 Å². The summed E-state index contributed by atoms with van der Waals surface area (Å²) < 4.78 is 6.72. The van der Waals surface area contributed by atoms with Gasteiger partial charge in [0.15, 0.2) is 11.7 Å². The van der Waals surface area contributed by atoms with E-state index in [1.165, 1.54) is 0 Å². The summed E-state index contributed by atoms with van der Waals surface area (Å²) in [6, 6.07) is 13.2. The molecule has 1 aromatic heterocycles. The van der Waals surface area contributed by atoms with Gasteiger partial charge < -0.3 is 9.73 Å².